The summed E-state index contributed by atoms with van der Waals surface area (Å²) in [6.07, 6.45) is 3.06. The first kappa shape index (κ1) is 28.2. The van der Waals surface area contributed by atoms with Crippen molar-refractivity contribution in [2.24, 2.45) is 0 Å². The predicted octanol–water partition coefficient (Wildman–Crippen LogP) is 0.540. The van der Waals surface area contributed by atoms with Crippen LogP contribution in [0.2, 0.25) is 0 Å². The number of carbonyl (C=O) groups is 1. The van der Waals surface area contributed by atoms with Crippen LogP contribution in [0, 0.1) is 0 Å². The first-order valence-electron chi connectivity index (χ1n) is 10.4. The van der Waals surface area contributed by atoms with Gasteiger partial charge in [-0.25, -0.2) is 13.0 Å². The molecule has 0 bridgehead atoms. The Morgan fingerprint density at radius 3 is 2.35 bits per heavy atom. The van der Waals surface area contributed by atoms with E-state index in [2.05, 4.69) is 14.8 Å². The molecule has 3 aromatic rings. The topological polar surface area (TPSA) is 203 Å². The lowest BCUT2D eigenvalue weighted by atomic mass is 10.1. The molecule has 37 heavy (non-hydrogen) atoms. The minimum Gasteiger partial charge on any atom is -0.479 e. The molecule has 3 rings (SSSR count). The molecule has 1 atom stereocenters. The zero-order valence-electron chi connectivity index (χ0n) is 19.8. The summed E-state index contributed by atoms with van der Waals surface area (Å²) in [5.41, 5.74) is 1.42. The van der Waals surface area contributed by atoms with Gasteiger partial charge in [-0.1, -0.05) is 17.4 Å². The van der Waals surface area contributed by atoms with E-state index in [4.69, 9.17) is 14.5 Å². The van der Waals surface area contributed by atoms with Gasteiger partial charge in [0, 0.05) is 25.1 Å². The number of amides is 1. The SMILES string of the molecule is COc1cnn(-c2ccc(-c3ccn(CC[C@](C)(C(=O)N(O)OP(=O)(O)O)S(C)(=O)=O)c(=O)c3)cc2)n1. The number of benzene rings is 1. The lowest BCUT2D eigenvalue weighted by Crippen LogP contribution is -2.51. The quantitative estimate of drug-likeness (QED) is 0.178. The van der Waals surface area contributed by atoms with Gasteiger partial charge in [0.1, 0.15) is 6.20 Å². The Hall–Kier alpha value is -3.40. The molecular formula is C20H24N5O10PS. The van der Waals surface area contributed by atoms with Crippen molar-refractivity contribution in [2.75, 3.05) is 13.4 Å². The predicted molar refractivity (Wildman–Crippen MR) is 127 cm³/mol. The summed E-state index contributed by atoms with van der Waals surface area (Å²) in [6, 6.07) is 9.91. The number of aromatic nitrogens is 4. The van der Waals surface area contributed by atoms with Gasteiger partial charge in [0.05, 0.1) is 12.8 Å². The van der Waals surface area contributed by atoms with Crippen molar-refractivity contribution in [1.29, 1.82) is 0 Å². The summed E-state index contributed by atoms with van der Waals surface area (Å²) in [4.78, 5) is 44.1. The number of sulfone groups is 1. The molecule has 0 aliphatic heterocycles. The maximum atomic E-state index is 12.7. The van der Waals surface area contributed by atoms with Gasteiger partial charge in [-0.05, 0) is 42.7 Å². The van der Waals surface area contributed by atoms with Gasteiger partial charge in [0.25, 0.3) is 17.3 Å². The Morgan fingerprint density at radius 2 is 1.84 bits per heavy atom. The van der Waals surface area contributed by atoms with Crippen LogP contribution in [-0.2, 0) is 30.4 Å². The first-order chi connectivity index (χ1) is 17.1. The molecule has 0 aliphatic carbocycles. The average molecular weight is 557 g/mol. The Kier molecular flexibility index (Phi) is 8.02. The number of nitrogens with zero attached hydrogens (tertiary/aromatic N) is 5. The van der Waals surface area contributed by atoms with Crippen LogP contribution in [0.1, 0.15) is 13.3 Å². The van der Waals surface area contributed by atoms with Crippen molar-refractivity contribution in [3.63, 3.8) is 0 Å². The zero-order chi connectivity index (χ0) is 27.6. The highest BCUT2D eigenvalue weighted by Crippen LogP contribution is 2.38. The van der Waals surface area contributed by atoms with Crippen molar-refractivity contribution in [3.8, 4) is 22.7 Å². The molecule has 0 aliphatic rings. The molecule has 15 nitrogen and oxygen atoms in total. The Balaban J connectivity index is 1.79. The maximum absolute atomic E-state index is 12.7. The molecule has 3 N–H and O–H groups in total. The van der Waals surface area contributed by atoms with E-state index >= 15 is 0 Å². The zero-order valence-corrected chi connectivity index (χ0v) is 21.5. The third-order valence-electron chi connectivity index (χ3n) is 5.57. The van der Waals surface area contributed by atoms with Gasteiger partial charge in [-0.3, -0.25) is 14.8 Å². The molecule has 200 valence electrons. The molecule has 0 unspecified atom stereocenters. The second-order valence-corrected chi connectivity index (χ2v) is 11.7. The summed E-state index contributed by atoms with van der Waals surface area (Å²) in [5.74, 6) is -1.28. The van der Waals surface area contributed by atoms with Crippen LogP contribution in [0.4, 0.5) is 0 Å². The lowest BCUT2D eigenvalue weighted by Gasteiger charge is -2.29. The highest BCUT2D eigenvalue weighted by molar-refractivity contribution is 7.92. The minimum absolute atomic E-state index is 0.274. The lowest BCUT2D eigenvalue weighted by molar-refractivity contribution is -0.274. The van der Waals surface area contributed by atoms with Crippen molar-refractivity contribution in [2.45, 2.75) is 24.6 Å². The van der Waals surface area contributed by atoms with Crippen molar-refractivity contribution >= 4 is 23.6 Å². The second-order valence-electron chi connectivity index (χ2n) is 8.07. The van der Waals surface area contributed by atoms with Crippen LogP contribution in [0.3, 0.4) is 0 Å². The first-order valence-corrected chi connectivity index (χ1v) is 13.8. The molecule has 17 heteroatoms. The van der Waals surface area contributed by atoms with Crippen molar-refractivity contribution < 1.29 is 42.1 Å². The van der Waals surface area contributed by atoms with Crippen molar-refractivity contribution in [1.82, 2.24) is 24.8 Å². The average Bonchev–Trinajstić information content (AvgIpc) is 3.30. The summed E-state index contributed by atoms with van der Waals surface area (Å²) < 4.78 is 43.2. The highest BCUT2D eigenvalue weighted by Gasteiger charge is 2.47. The number of rotatable bonds is 10. The van der Waals surface area contributed by atoms with E-state index in [1.54, 1.807) is 30.3 Å². The Morgan fingerprint density at radius 1 is 1.19 bits per heavy atom. The number of aryl methyl sites for hydroxylation is 1. The number of ether oxygens (including phenoxy) is 1. The van der Waals surface area contributed by atoms with Crippen LogP contribution in [-0.4, -0.2) is 72.2 Å². The van der Waals surface area contributed by atoms with Crippen LogP contribution < -0.4 is 10.3 Å². The van der Waals surface area contributed by atoms with E-state index in [9.17, 15) is 27.8 Å². The number of hydrogen-bond donors (Lipinski definition) is 3. The van der Waals surface area contributed by atoms with E-state index in [0.29, 0.717) is 29.0 Å². The molecule has 1 aromatic carbocycles. The normalized spacial score (nSPS) is 13.7. The number of methoxy groups -OCH3 is 1. The standard InChI is InChI=1S/C20H24N5O10PS/c1-20(37(3,32)33,19(27)25(28)35-36(29,30)31)9-11-23-10-8-15(12-18(23)26)14-4-6-16(7-5-14)24-21-13-17(22-24)34-2/h4-8,10,12-13,28H,9,11H2,1-3H3,(H2,29,30,31)/t20-/m1/s1. The molecule has 2 aromatic heterocycles. The molecule has 0 saturated heterocycles. The van der Waals surface area contributed by atoms with Crippen LogP contribution in [0.25, 0.3) is 16.8 Å². The van der Waals surface area contributed by atoms with E-state index in [0.717, 1.165) is 11.5 Å². The number of phosphoric acid groups is 1. The Labute approximate surface area is 210 Å². The number of hydroxylamine groups is 2. The third kappa shape index (κ3) is 6.49. The number of carbonyl (C=O) groups excluding carboxylic acids is 1. The fourth-order valence-electron chi connectivity index (χ4n) is 3.25. The summed E-state index contributed by atoms with van der Waals surface area (Å²) >= 11 is 0. The molecule has 2 heterocycles. The Bertz CT molecular complexity index is 1500. The monoisotopic (exact) mass is 557 g/mol. The molecule has 0 spiro atoms. The fraction of sp³-hybridized carbons (Fsp3) is 0.300. The summed E-state index contributed by atoms with van der Waals surface area (Å²) in [7, 11) is -8.12. The summed E-state index contributed by atoms with van der Waals surface area (Å²) in [5, 5.41) is 17.0. The number of hydrogen-bond acceptors (Lipinski definition) is 10. The van der Waals surface area contributed by atoms with Gasteiger partial charge in [-0.2, -0.15) is 5.10 Å². The van der Waals surface area contributed by atoms with Gasteiger partial charge < -0.3 is 19.1 Å². The second kappa shape index (κ2) is 10.5. The highest BCUT2D eigenvalue weighted by atomic mass is 32.2. The number of pyridine rings is 1. The molecular weight excluding hydrogens is 533 g/mol. The van der Waals surface area contributed by atoms with Crippen LogP contribution >= 0.6 is 7.82 Å². The molecule has 0 saturated carbocycles. The molecule has 0 fully saturated rings. The van der Waals surface area contributed by atoms with E-state index in [1.165, 1.54) is 30.4 Å². The van der Waals surface area contributed by atoms with E-state index in [-0.39, 0.29) is 6.54 Å². The van der Waals surface area contributed by atoms with Gasteiger partial charge in [0.15, 0.2) is 14.6 Å². The fourth-order valence-corrected chi connectivity index (χ4v) is 4.38. The molecule has 1 amide bonds. The van der Waals surface area contributed by atoms with Gasteiger partial charge >= 0.3 is 7.82 Å². The van der Waals surface area contributed by atoms with E-state index < -0.39 is 45.5 Å². The van der Waals surface area contributed by atoms with Gasteiger partial charge in [0.2, 0.25) is 0 Å². The largest absolute Gasteiger partial charge is 0.493 e. The smallest absolute Gasteiger partial charge is 0.479 e. The summed E-state index contributed by atoms with van der Waals surface area (Å²) in [6.45, 7) is 0.672. The molecule has 0 radical (unpaired) electrons. The van der Waals surface area contributed by atoms with Crippen LogP contribution in [0.5, 0.6) is 5.88 Å². The third-order valence-corrected chi connectivity index (χ3v) is 7.95. The van der Waals surface area contributed by atoms with Gasteiger partial charge in [-0.15, -0.1) is 14.5 Å². The van der Waals surface area contributed by atoms with E-state index in [1.807, 2.05) is 0 Å². The maximum Gasteiger partial charge on any atom is 0.493 e. The van der Waals surface area contributed by atoms with Crippen LogP contribution in [0.15, 0.2) is 53.6 Å². The minimum atomic E-state index is -5.35. The van der Waals surface area contributed by atoms with Crippen molar-refractivity contribution in [3.05, 3.63) is 59.1 Å².